The molecule has 0 saturated heterocycles. The molecule has 0 aliphatic rings. The predicted octanol–water partition coefficient (Wildman–Crippen LogP) is 6.70. The molecule has 4 aromatic carbocycles. The lowest BCUT2D eigenvalue weighted by Crippen LogP contribution is -2.12. The first-order valence-electron chi connectivity index (χ1n) is 11.0. The lowest BCUT2D eigenvalue weighted by atomic mass is 10.1. The minimum Gasteiger partial charge on any atom is -0.338 e. The van der Waals surface area contributed by atoms with Crippen LogP contribution in [0.1, 0.15) is 26.3 Å². The zero-order valence-electron chi connectivity index (χ0n) is 18.8. The van der Waals surface area contributed by atoms with Gasteiger partial charge in [0.2, 0.25) is 0 Å². The molecule has 6 nitrogen and oxygen atoms in total. The van der Waals surface area contributed by atoms with Gasteiger partial charge in [-0.05, 0) is 61.5 Å². The molecular weight excluding hydrogens is 460 g/mol. The van der Waals surface area contributed by atoms with Gasteiger partial charge in [-0.3, -0.25) is 9.59 Å². The Kier molecular flexibility index (Phi) is 6.04. The molecule has 0 atom stereocenters. The number of nitrogens with one attached hydrogen (secondary N) is 3. The summed E-state index contributed by atoms with van der Waals surface area (Å²) in [6, 6.07) is 27.1. The van der Waals surface area contributed by atoms with Crippen LogP contribution in [0.5, 0.6) is 0 Å². The van der Waals surface area contributed by atoms with Crippen molar-refractivity contribution in [3.63, 3.8) is 0 Å². The zero-order valence-corrected chi connectivity index (χ0v) is 19.6. The van der Waals surface area contributed by atoms with Crippen LogP contribution in [0.15, 0.2) is 91.0 Å². The van der Waals surface area contributed by atoms with E-state index in [0.717, 1.165) is 22.2 Å². The molecule has 0 aliphatic heterocycles. The topological polar surface area (TPSA) is 86.9 Å². The third kappa shape index (κ3) is 4.65. The van der Waals surface area contributed by atoms with Gasteiger partial charge in [0.1, 0.15) is 5.82 Å². The summed E-state index contributed by atoms with van der Waals surface area (Å²) in [7, 11) is 0. The van der Waals surface area contributed by atoms with Gasteiger partial charge in [-0.1, -0.05) is 48.0 Å². The Hall–Kier alpha value is -4.42. The van der Waals surface area contributed by atoms with Crippen molar-refractivity contribution in [1.82, 2.24) is 9.97 Å². The standard InChI is InChI=1S/C28H21ClN4O2/c1-17-22(31-27(34)18-8-4-2-5-9-18)14-15-24-25(17)33-26(30-24)20-12-13-23(21(29)16-20)32-28(35)19-10-6-3-7-11-19/h2-16H,1H3,(H,30,33)(H,31,34)(H,32,35). The van der Waals surface area contributed by atoms with Crippen LogP contribution in [-0.2, 0) is 0 Å². The molecule has 0 bridgehead atoms. The number of benzene rings is 4. The number of hydrogen-bond donors (Lipinski definition) is 3. The van der Waals surface area contributed by atoms with E-state index in [9.17, 15) is 9.59 Å². The number of H-pyrrole nitrogens is 1. The third-order valence-corrected chi connectivity index (χ3v) is 6.03. The smallest absolute Gasteiger partial charge is 0.255 e. The summed E-state index contributed by atoms with van der Waals surface area (Å²) in [5, 5.41) is 6.20. The summed E-state index contributed by atoms with van der Waals surface area (Å²) in [6.07, 6.45) is 0. The van der Waals surface area contributed by atoms with E-state index in [1.165, 1.54) is 0 Å². The Morgan fingerprint density at radius 1 is 0.771 bits per heavy atom. The van der Waals surface area contributed by atoms with Crippen molar-refractivity contribution in [3.05, 3.63) is 113 Å². The fourth-order valence-corrected chi connectivity index (χ4v) is 4.04. The van der Waals surface area contributed by atoms with Crippen molar-refractivity contribution in [3.8, 4) is 11.4 Å². The lowest BCUT2D eigenvalue weighted by molar-refractivity contribution is 0.101. The number of aryl methyl sites for hydroxylation is 1. The summed E-state index contributed by atoms with van der Waals surface area (Å²) in [6.45, 7) is 1.92. The molecule has 0 spiro atoms. The molecule has 0 fully saturated rings. The molecule has 2 amide bonds. The number of nitrogens with zero attached hydrogens (tertiary/aromatic N) is 1. The van der Waals surface area contributed by atoms with E-state index in [2.05, 4.69) is 15.6 Å². The Balaban J connectivity index is 1.39. The highest BCUT2D eigenvalue weighted by Gasteiger charge is 2.14. The third-order valence-electron chi connectivity index (χ3n) is 5.72. The van der Waals surface area contributed by atoms with Gasteiger partial charge >= 0.3 is 0 Å². The van der Waals surface area contributed by atoms with Gasteiger partial charge in [0.15, 0.2) is 0 Å². The van der Waals surface area contributed by atoms with E-state index in [4.69, 9.17) is 16.6 Å². The maximum Gasteiger partial charge on any atom is 0.255 e. The highest BCUT2D eigenvalue weighted by molar-refractivity contribution is 6.34. The second-order valence-electron chi connectivity index (χ2n) is 8.05. The van der Waals surface area contributed by atoms with Crippen molar-refractivity contribution in [2.45, 2.75) is 6.92 Å². The minimum absolute atomic E-state index is 0.177. The van der Waals surface area contributed by atoms with Gasteiger partial charge in [0.05, 0.1) is 21.7 Å². The molecule has 3 N–H and O–H groups in total. The highest BCUT2D eigenvalue weighted by Crippen LogP contribution is 2.31. The first-order chi connectivity index (χ1) is 17.0. The number of halogens is 1. The molecule has 1 heterocycles. The van der Waals surface area contributed by atoms with E-state index in [-0.39, 0.29) is 11.8 Å². The van der Waals surface area contributed by atoms with Crippen molar-refractivity contribution in [2.24, 2.45) is 0 Å². The Morgan fingerprint density at radius 3 is 1.94 bits per heavy atom. The van der Waals surface area contributed by atoms with Gasteiger partial charge in [-0.25, -0.2) is 4.98 Å². The van der Waals surface area contributed by atoms with Crippen molar-refractivity contribution < 1.29 is 9.59 Å². The van der Waals surface area contributed by atoms with Crippen LogP contribution in [-0.4, -0.2) is 21.8 Å². The number of anilines is 2. The van der Waals surface area contributed by atoms with E-state index in [1.54, 1.807) is 36.4 Å². The quantitative estimate of drug-likeness (QED) is 0.261. The summed E-state index contributed by atoms with van der Waals surface area (Å²) in [5.41, 5.74) is 5.57. The maximum atomic E-state index is 12.6. The Labute approximate surface area is 207 Å². The van der Waals surface area contributed by atoms with Crippen LogP contribution in [0.25, 0.3) is 22.4 Å². The first kappa shape index (κ1) is 22.4. The number of carbonyl (C=O) groups excluding carboxylic acids is 2. The molecule has 172 valence electrons. The zero-order chi connectivity index (χ0) is 24.4. The summed E-state index contributed by atoms with van der Waals surface area (Å²) < 4.78 is 0. The van der Waals surface area contributed by atoms with Crippen molar-refractivity contribution in [2.75, 3.05) is 10.6 Å². The lowest BCUT2D eigenvalue weighted by Gasteiger charge is -2.08. The SMILES string of the molecule is Cc1c(NC(=O)c2ccccc2)ccc2[nH]c(-c3ccc(NC(=O)c4ccccc4)c(Cl)c3)nc12. The van der Waals surface area contributed by atoms with Crippen LogP contribution in [0.4, 0.5) is 11.4 Å². The van der Waals surface area contributed by atoms with E-state index < -0.39 is 0 Å². The Morgan fingerprint density at radius 2 is 1.34 bits per heavy atom. The second kappa shape index (κ2) is 9.44. The average molecular weight is 481 g/mol. The average Bonchev–Trinajstić information content (AvgIpc) is 3.33. The van der Waals surface area contributed by atoms with Crippen LogP contribution >= 0.6 is 11.6 Å². The fourth-order valence-electron chi connectivity index (χ4n) is 3.82. The first-order valence-corrected chi connectivity index (χ1v) is 11.4. The number of fused-ring (bicyclic) bond motifs is 1. The number of carbonyl (C=O) groups is 2. The molecule has 0 aliphatic carbocycles. The van der Waals surface area contributed by atoms with Crippen molar-refractivity contribution in [1.29, 1.82) is 0 Å². The molecule has 7 heteroatoms. The summed E-state index contributed by atoms with van der Waals surface area (Å²) in [5.74, 6) is 0.228. The van der Waals surface area contributed by atoms with Crippen LogP contribution in [0.2, 0.25) is 5.02 Å². The molecule has 0 radical (unpaired) electrons. The largest absolute Gasteiger partial charge is 0.338 e. The maximum absolute atomic E-state index is 12.6. The number of hydrogen-bond acceptors (Lipinski definition) is 3. The van der Waals surface area contributed by atoms with Gasteiger partial charge in [0.25, 0.3) is 11.8 Å². The molecular formula is C28H21ClN4O2. The molecule has 35 heavy (non-hydrogen) atoms. The highest BCUT2D eigenvalue weighted by atomic mass is 35.5. The van der Waals surface area contributed by atoms with Gasteiger partial charge in [-0.2, -0.15) is 0 Å². The molecule has 5 rings (SSSR count). The van der Waals surface area contributed by atoms with Gasteiger partial charge < -0.3 is 15.6 Å². The minimum atomic E-state index is -0.232. The number of aromatic nitrogens is 2. The van der Waals surface area contributed by atoms with Crippen molar-refractivity contribution >= 4 is 45.8 Å². The van der Waals surface area contributed by atoms with E-state index in [0.29, 0.717) is 33.3 Å². The second-order valence-corrected chi connectivity index (χ2v) is 8.46. The molecule has 0 unspecified atom stereocenters. The van der Waals surface area contributed by atoms with Crippen LogP contribution < -0.4 is 10.6 Å². The van der Waals surface area contributed by atoms with Gasteiger partial charge in [0, 0.05) is 27.9 Å². The van der Waals surface area contributed by atoms with Gasteiger partial charge in [-0.15, -0.1) is 0 Å². The number of aromatic amines is 1. The molecule has 1 aromatic heterocycles. The summed E-state index contributed by atoms with van der Waals surface area (Å²) >= 11 is 6.48. The summed E-state index contributed by atoms with van der Waals surface area (Å²) in [4.78, 5) is 33.1. The fraction of sp³-hybridized carbons (Fsp3) is 0.0357. The van der Waals surface area contributed by atoms with Crippen LogP contribution in [0, 0.1) is 6.92 Å². The van der Waals surface area contributed by atoms with E-state index >= 15 is 0 Å². The molecule has 0 saturated carbocycles. The normalized spacial score (nSPS) is 10.8. The number of imidazole rings is 1. The number of amides is 2. The number of rotatable bonds is 5. The monoisotopic (exact) mass is 480 g/mol. The van der Waals surface area contributed by atoms with E-state index in [1.807, 2.05) is 61.5 Å². The predicted molar refractivity (Wildman–Crippen MR) is 140 cm³/mol. The van der Waals surface area contributed by atoms with Crippen LogP contribution in [0.3, 0.4) is 0 Å². The Bertz CT molecular complexity index is 1550. The molecule has 5 aromatic rings.